The zero-order chi connectivity index (χ0) is 13.0. The molecule has 0 aliphatic carbocycles. The molecule has 2 rings (SSSR count). The van der Waals surface area contributed by atoms with Crippen molar-refractivity contribution in [2.24, 2.45) is 0 Å². The molecule has 0 bridgehead atoms. The van der Waals surface area contributed by atoms with Gasteiger partial charge in [0.15, 0.2) is 0 Å². The van der Waals surface area contributed by atoms with Crippen molar-refractivity contribution in [1.29, 1.82) is 0 Å². The van der Waals surface area contributed by atoms with Crippen LogP contribution in [0.1, 0.15) is 0 Å². The fraction of sp³-hybridized carbons (Fsp3) is 0.0769. The van der Waals surface area contributed by atoms with Gasteiger partial charge in [-0.05, 0) is 0 Å². The van der Waals surface area contributed by atoms with Crippen LogP contribution in [-0.4, -0.2) is 20.0 Å². The molecule has 0 fully saturated rings. The van der Waals surface area contributed by atoms with E-state index in [1.807, 2.05) is 18.2 Å². The second kappa shape index (κ2) is 5.46. The molecule has 0 heterocycles. The van der Waals surface area contributed by atoms with E-state index in [-0.39, 0.29) is 4.46 Å². The van der Waals surface area contributed by atoms with Crippen LogP contribution in [0.3, 0.4) is 0 Å². The second-order valence-corrected chi connectivity index (χ2v) is 5.82. The molecule has 0 amide bonds. The summed E-state index contributed by atoms with van der Waals surface area (Å²) in [6.07, 6.45) is 0. The van der Waals surface area contributed by atoms with Crippen LogP contribution < -0.4 is 9.20 Å². The van der Waals surface area contributed by atoms with Gasteiger partial charge in [-0.15, -0.1) is 0 Å². The van der Waals surface area contributed by atoms with Gasteiger partial charge in [-0.1, -0.05) is 0 Å². The van der Waals surface area contributed by atoms with Crippen molar-refractivity contribution in [3.05, 3.63) is 54.6 Å². The Kier molecular flexibility index (Phi) is 3.94. The minimum atomic E-state index is -4.12. The van der Waals surface area contributed by atoms with Crippen LogP contribution in [-0.2, 0) is 0 Å². The normalized spacial score (nSPS) is 11.3. The third-order valence-electron chi connectivity index (χ3n) is 2.04. The molecule has 0 unspecified atom stereocenters. The van der Waals surface area contributed by atoms with Gasteiger partial charge in [-0.2, -0.15) is 0 Å². The van der Waals surface area contributed by atoms with Gasteiger partial charge in [0.25, 0.3) is 0 Å². The van der Waals surface area contributed by atoms with Gasteiger partial charge in [-0.3, -0.25) is 0 Å². The zero-order valence-corrected chi connectivity index (χ0v) is 10.9. The number of benzene rings is 2. The van der Waals surface area contributed by atoms with Crippen LogP contribution in [0.2, 0.25) is 0 Å². The molecule has 0 aliphatic rings. The van der Waals surface area contributed by atoms with E-state index in [0.29, 0.717) is 11.5 Å². The van der Waals surface area contributed by atoms with E-state index < -0.39 is 20.0 Å². The minimum absolute atomic E-state index is 0.287. The van der Waals surface area contributed by atoms with Gasteiger partial charge in [0.2, 0.25) is 0 Å². The molecule has 0 aliphatic heterocycles. The Morgan fingerprint density at radius 2 is 1.33 bits per heavy atom. The second-order valence-electron chi connectivity index (χ2n) is 3.43. The van der Waals surface area contributed by atoms with Crippen molar-refractivity contribution in [1.82, 2.24) is 0 Å². The molecule has 0 spiro atoms. The van der Waals surface area contributed by atoms with E-state index in [2.05, 4.69) is 0 Å². The summed E-state index contributed by atoms with van der Waals surface area (Å²) in [5, 5.41) is -4.12. The van der Waals surface area contributed by atoms with Crippen molar-refractivity contribution in [3.63, 3.8) is 0 Å². The molecule has 0 saturated carbocycles. The Morgan fingerprint density at radius 3 is 1.89 bits per heavy atom. The van der Waals surface area contributed by atoms with Crippen LogP contribution in [0.25, 0.3) is 0 Å². The summed E-state index contributed by atoms with van der Waals surface area (Å²) < 4.78 is 42.3. The van der Waals surface area contributed by atoms with Crippen molar-refractivity contribution in [3.8, 4) is 11.5 Å². The molecular weight excluding hydrogens is 308 g/mol. The fourth-order valence-electron chi connectivity index (χ4n) is 1.33. The molecule has 0 saturated heterocycles. The van der Waals surface area contributed by atoms with Crippen molar-refractivity contribution in [2.75, 3.05) is 0 Å². The predicted octanol–water partition coefficient (Wildman–Crippen LogP) is 3.33. The van der Waals surface area contributed by atoms with Crippen LogP contribution in [0.4, 0.5) is 13.2 Å². The summed E-state index contributed by atoms with van der Waals surface area (Å²) in [6, 6.07) is 15.1. The Morgan fingerprint density at radius 1 is 0.778 bits per heavy atom. The summed E-state index contributed by atoms with van der Waals surface area (Å²) in [5.74, 6) is 1.19. The summed E-state index contributed by atoms with van der Waals surface area (Å²) in [6.45, 7) is 0. The average Bonchev–Trinajstić information content (AvgIpc) is 2.31. The van der Waals surface area contributed by atoms with Gasteiger partial charge in [0.05, 0.1) is 0 Å². The maximum atomic E-state index is 12.2. The summed E-state index contributed by atoms with van der Waals surface area (Å²) in [7, 11) is 0. The van der Waals surface area contributed by atoms with Crippen LogP contribution in [0.15, 0.2) is 54.6 Å². The molecular formula is C13H9F3OSe. The Hall–Kier alpha value is -1.45. The summed E-state index contributed by atoms with van der Waals surface area (Å²) >= 11 is -1.50. The number of ether oxygens (including phenoxy) is 1. The molecule has 0 N–H and O–H groups in total. The summed E-state index contributed by atoms with van der Waals surface area (Å²) in [4.78, 5) is 0. The first-order valence-electron chi connectivity index (χ1n) is 5.12. The van der Waals surface area contributed by atoms with Gasteiger partial charge < -0.3 is 0 Å². The first-order valence-corrected chi connectivity index (χ1v) is 6.83. The SMILES string of the molecule is FC(F)(F)[Se]c1ccc(Oc2ccccc2)cc1. The van der Waals surface area contributed by atoms with Gasteiger partial charge in [0, 0.05) is 0 Å². The van der Waals surface area contributed by atoms with Crippen LogP contribution in [0.5, 0.6) is 11.5 Å². The zero-order valence-electron chi connectivity index (χ0n) is 9.15. The third kappa shape index (κ3) is 4.09. The Bertz CT molecular complexity index is 494. The molecule has 5 heteroatoms. The van der Waals surface area contributed by atoms with E-state index in [0.717, 1.165) is 0 Å². The third-order valence-corrected chi connectivity index (χ3v) is 3.59. The first-order chi connectivity index (χ1) is 8.53. The van der Waals surface area contributed by atoms with Crippen LogP contribution in [0, 0.1) is 0 Å². The van der Waals surface area contributed by atoms with Crippen molar-refractivity contribution in [2.45, 2.75) is 5.07 Å². The number of hydrogen-bond acceptors (Lipinski definition) is 1. The van der Waals surface area contributed by atoms with E-state index in [4.69, 9.17) is 4.74 Å². The van der Waals surface area contributed by atoms with Gasteiger partial charge >= 0.3 is 108 Å². The average molecular weight is 317 g/mol. The van der Waals surface area contributed by atoms with E-state index in [1.54, 1.807) is 24.3 Å². The molecule has 0 radical (unpaired) electrons. The topological polar surface area (TPSA) is 9.23 Å². The predicted molar refractivity (Wildman–Crippen MR) is 64.4 cm³/mol. The molecule has 2 aromatic carbocycles. The van der Waals surface area contributed by atoms with E-state index in [9.17, 15) is 13.2 Å². The monoisotopic (exact) mass is 318 g/mol. The quantitative estimate of drug-likeness (QED) is 0.789. The standard InChI is InChI=1S/C13H9F3OSe/c14-13(15,16)18-12-8-6-11(7-9-12)17-10-4-2-1-3-5-10/h1-9H. The van der Waals surface area contributed by atoms with Gasteiger partial charge in [0.1, 0.15) is 0 Å². The van der Waals surface area contributed by atoms with E-state index >= 15 is 0 Å². The van der Waals surface area contributed by atoms with Crippen molar-refractivity contribution < 1.29 is 17.9 Å². The molecule has 1 nitrogen and oxygen atoms in total. The molecule has 2 aromatic rings. The van der Waals surface area contributed by atoms with Gasteiger partial charge in [-0.25, -0.2) is 0 Å². The number of para-hydroxylation sites is 1. The molecule has 94 valence electrons. The first kappa shape index (κ1) is 13.0. The molecule has 0 atom stereocenters. The Labute approximate surface area is 109 Å². The number of alkyl halides is 3. The fourth-order valence-corrected chi connectivity index (χ4v) is 2.47. The van der Waals surface area contributed by atoms with Crippen molar-refractivity contribution >= 4 is 19.4 Å². The maximum absolute atomic E-state index is 12.2. The molecule has 18 heavy (non-hydrogen) atoms. The Balaban J connectivity index is 2.04. The van der Waals surface area contributed by atoms with Crippen LogP contribution >= 0.6 is 0 Å². The number of halogens is 3. The van der Waals surface area contributed by atoms with E-state index in [1.165, 1.54) is 12.1 Å². The number of hydrogen-bond donors (Lipinski definition) is 0. The molecule has 0 aromatic heterocycles. The number of rotatable bonds is 3. The summed E-state index contributed by atoms with van der Waals surface area (Å²) in [5.41, 5.74) is 0.